The number of benzene rings is 2. The first-order valence-corrected chi connectivity index (χ1v) is 9.73. The van der Waals surface area contributed by atoms with E-state index in [1.54, 1.807) is 0 Å². The predicted octanol–water partition coefficient (Wildman–Crippen LogP) is 3.85. The summed E-state index contributed by atoms with van der Waals surface area (Å²) >= 11 is 0. The highest BCUT2D eigenvalue weighted by Crippen LogP contribution is 2.30. The van der Waals surface area contributed by atoms with E-state index in [2.05, 4.69) is 12.1 Å². The Bertz CT molecular complexity index is 913. The van der Waals surface area contributed by atoms with Crippen LogP contribution in [-0.2, 0) is 43.3 Å². The van der Waals surface area contributed by atoms with Crippen LogP contribution in [0.4, 0.5) is 0 Å². The van der Waals surface area contributed by atoms with Crippen LogP contribution in [0.3, 0.4) is 0 Å². The zero-order valence-corrected chi connectivity index (χ0v) is 15.3. The van der Waals surface area contributed by atoms with Gasteiger partial charge in [-0.25, -0.2) is 4.79 Å². The first kappa shape index (κ1) is 17.8. The average molecular weight is 364 g/mol. The minimum atomic E-state index is -0.939. The van der Waals surface area contributed by atoms with Gasteiger partial charge in [-0.05, 0) is 84.7 Å². The summed E-state index contributed by atoms with van der Waals surface area (Å²) in [5, 5.41) is 19.5. The average Bonchev–Trinajstić information content (AvgIpc) is 3.28. The summed E-state index contributed by atoms with van der Waals surface area (Å²) < 4.78 is 0. The molecule has 0 fully saturated rings. The molecule has 1 atom stereocenters. The lowest BCUT2D eigenvalue weighted by Crippen LogP contribution is -2.21. The number of hydrogen-bond acceptors (Lipinski definition) is 2. The Morgan fingerprint density at radius 3 is 2.33 bits per heavy atom. The van der Waals surface area contributed by atoms with Crippen molar-refractivity contribution in [3.8, 4) is 0 Å². The maximum atomic E-state index is 11.9. The van der Waals surface area contributed by atoms with E-state index in [0.29, 0.717) is 17.5 Å². The molecule has 0 aromatic heterocycles. The molecule has 0 saturated carbocycles. The van der Waals surface area contributed by atoms with E-state index in [1.165, 1.54) is 11.1 Å². The molecule has 27 heavy (non-hydrogen) atoms. The van der Waals surface area contributed by atoms with E-state index in [0.717, 1.165) is 55.2 Å². The molecule has 0 radical (unpaired) electrons. The Morgan fingerprint density at radius 2 is 1.56 bits per heavy atom. The highest BCUT2D eigenvalue weighted by Gasteiger charge is 2.26. The summed E-state index contributed by atoms with van der Waals surface area (Å²) in [7, 11) is 0. The highest BCUT2D eigenvalue weighted by atomic mass is 16.4. The number of aromatic carboxylic acids is 1. The molecule has 4 rings (SSSR count). The minimum absolute atomic E-state index is 0.251. The van der Waals surface area contributed by atoms with Crippen LogP contribution in [0.5, 0.6) is 0 Å². The van der Waals surface area contributed by atoms with Crippen molar-refractivity contribution in [3.63, 3.8) is 0 Å². The van der Waals surface area contributed by atoms with Gasteiger partial charge in [0.2, 0.25) is 0 Å². The van der Waals surface area contributed by atoms with Gasteiger partial charge in [0.25, 0.3) is 0 Å². The van der Waals surface area contributed by atoms with Gasteiger partial charge in [-0.15, -0.1) is 0 Å². The third kappa shape index (κ3) is 3.48. The Labute approximate surface area is 158 Å². The maximum Gasteiger partial charge on any atom is 0.336 e. The Balaban J connectivity index is 1.61. The van der Waals surface area contributed by atoms with Gasteiger partial charge in [-0.2, -0.15) is 0 Å². The second-order valence-corrected chi connectivity index (χ2v) is 7.80. The van der Waals surface area contributed by atoms with Crippen LogP contribution in [0.1, 0.15) is 56.6 Å². The van der Waals surface area contributed by atoms with E-state index in [9.17, 15) is 19.8 Å². The van der Waals surface area contributed by atoms with Crippen LogP contribution in [0.25, 0.3) is 0 Å². The summed E-state index contributed by atoms with van der Waals surface area (Å²) in [5.74, 6) is -2.43. The molecule has 0 aliphatic heterocycles. The van der Waals surface area contributed by atoms with Crippen LogP contribution in [0, 0.1) is 5.92 Å². The number of rotatable bonds is 6. The highest BCUT2D eigenvalue weighted by molar-refractivity contribution is 5.92. The molecule has 2 aromatic carbocycles. The molecule has 4 nitrogen and oxygen atoms in total. The standard InChI is InChI=1S/C23H24O4/c24-22(25)19(12-14-7-8-15-3-1-5-17(15)11-14)13-18-10-9-16-4-2-6-20(16)21(18)23(26)27/h7-11,19H,1-6,12-13H2,(H,24,25)(H,26,27)/t19-/m1/s1. The van der Waals surface area contributed by atoms with Crippen LogP contribution in [0.15, 0.2) is 30.3 Å². The van der Waals surface area contributed by atoms with Crippen molar-refractivity contribution < 1.29 is 19.8 Å². The van der Waals surface area contributed by atoms with E-state index in [1.807, 2.05) is 18.2 Å². The zero-order valence-electron chi connectivity index (χ0n) is 15.3. The monoisotopic (exact) mass is 364 g/mol. The zero-order chi connectivity index (χ0) is 19.0. The topological polar surface area (TPSA) is 74.6 Å². The van der Waals surface area contributed by atoms with Gasteiger partial charge in [0.05, 0.1) is 11.5 Å². The molecule has 140 valence electrons. The Hall–Kier alpha value is -2.62. The summed E-state index contributed by atoms with van der Waals surface area (Å²) in [6.07, 6.45) is 6.67. The van der Waals surface area contributed by atoms with Gasteiger partial charge >= 0.3 is 11.9 Å². The minimum Gasteiger partial charge on any atom is -0.481 e. The normalized spacial score (nSPS) is 16.0. The van der Waals surface area contributed by atoms with Crippen LogP contribution >= 0.6 is 0 Å². The molecule has 2 aliphatic rings. The molecule has 0 heterocycles. The van der Waals surface area contributed by atoms with Gasteiger partial charge in [-0.3, -0.25) is 4.79 Å². The SMILES string of the molecule is O=C(O)c1c(C[C@@H](Cc2ccc3c(c2)CCC3)C(=O)O)ccc2c1CCC2. The summed E-state index contributed by atoms with van der Waals surface area (Å²) in [6, 6.07) is 10.1. The van der Waals surface area contributed by atoms with Gasteiger partial charge in [0, 0.05) is 0 Å². The number of carboxylic acid groups (broad SMARTS) is 2. The van der Waals surface area contributed by atoms with Gasteiger partial charge in [0.15, 0.2) is 0 Å². The van der Waals surface area contributed by atoms with Crippen molar-refractivity contribution in [2.45, 2.75) is 51.4 Å². The molecular weight excluding hydrogens is 340 g/mol. The number of fused-ring (bicyclic) bond motifs is 2. The summed E-state index contributed by atoms with van der Waals surface area (Å²) in [5.41, 5.74) is 6.73. The third-order valence-electron chi connectivity index (χ3n) is 6.04. The number of carbonyl (C=O) groups is 2. The molecule has 0 bridgehead atoms. The second-order valence-electron chi connectivity index (χ2n) is 7.80. The van der Waals surface area contributed by atoms with Crippen molar-refractivity contribution in [1.29, 1.82) is 0 Å². The molecular formula is C23H24O4. The lowest BCUT2D eigenvalue weighted by Gasteiger charge is -2.17. The van der Waals surface area contributed by atoms with Crippen molar-refractivity contribution in [2.75, 3.05) is 0 Å². The van der Waals surface area contributed by atoms with E-state index < -0.39 is 17.9 Å². The van der Waals surface area contributed by atoms with Crippen molar-refractivity contribution in [3.05, 3.63) is 69.3 Å². The van der Waals surface area contributed by atoms with E-state index in [-0.39, 0.29) is 6.42 Å². The maximum absolute atomic E-state index is 11.9. The molecule has 0 amide bonds. The van der Waals surface area contributed by atoms with Gasteiger partial charge < -0.3 is 10.2 Å². The van der Waals surface area contributed by atoms with Crippen LogP contribution < -0.4 is 0 Å². The fourth-order valence-electron chi connectivity index (χ4n) is 4.70. The van der Waals surface area contributed by atoms with E-state index in [4.69, 9.17) is 0 Å². The number of aliphatic carboxylic acids is 1. The number of hydrogen-bond donors (Lipinski definition) is 2. The first-order valence-electron chi connectivity index (χ1n) is 9.73. The molecule has 2 N–H and O–H groups in total. The second kappa shape index (κ2) is 7.18. The van der Waals surface area contributed by atoms with Crippen LogP contribution in [0.2, 0.25) is 0 Å². The van der Waals surface area contributed by atoms with Crippen LogP contribution in [-0.4, -0.2) is 22.2 Å². The molecule has 0 saturated heterocycles. The quantitative estimate of drug-likeness (QED) is 0.816. The molecule has 2 aromatic rings. The smallest absolute Gasteiger partial charge is 0.336 e. The van der Waals surface area contributed by atoms with Crippen molar-refractivity contribution in [1.82, 2.24) is 0 Å². The lowest BCUT2D eigenvalue weighted by molar-refractivity contribution is -0.141. The Morgan fingerprint density at radius 1 is 0.852 bits per heavy atom. The first-order chi connectivity index (χ1) is 13.0. The summed E-state index contributed by atoms with van der Waals surface area (Å²) in [4.78, 5) is 23.8. The molecule has 4 heteroatoms. The summed E-state index contributed by atoms with van der Waals surface area (Å²) in [6.45, 7) is 0. The molecule has 2 aliphatic carbocycles. The fraction of sp³-hybridized carbons (Fsp3) is 0.391. The van der Waals surface area contributed by atoms with E-state index >= 15 is 0 Å². The third-order valence-corrected chi connectivity index (χ3v) is 6.04. The molecule has 0 unspecified atom stereocenters. The number of carboxylic acids is 2. The predicted molar refractivity (Wildman–Crippen MR) is 102 cm³/mol. The largest absolute Gasteiger partial charge is 0.481 e. The van der Waals surface area contributed by atoms with Gasteiger partial charge in [0.1, 0.15) is 0 Å². The van der Waals surface area contributed by atoms with Crippen molar-refractivity contribution in [2.24, 2.45) is 5.92 Å². The number of aryl methyl sites for hydroxylation is 3. The fourth-order valence-corrected chi connectivity index (χ4v) is 4.70. The lowest BCUT2D eigenvalue weighted by atomic mass is 9.87. The van der Waals surface area contributed by atoms with Crippen molar-refractivity contribution >= 4 is 11.9 Å². The Kier molecular flexibility index (Phi) is 4.73. The van der Waals surface area contributed by atoms with Gasteiger partial charge in [-0.1, -0.05) is 30.3 Å². The molecule has 0 spiro atoms.